The number of halogens is 3. The number of aromatic nitrogens is 2. The summed E-state index contributed by atoms with van der Waals surface area (Å²) in [6.07, 6.45) is -2.22. The van der Waals surface area contributed by atoms with Crippen molar-refractivity contribution in [2.24, 2.45) is 0 Å². The Labute approximate surface area is 120 Å². The van der Waals surface area contributed by atoms with Crippen LogP contribution in [-0.4, -0.2) is 48.3 Å². The van der Waals surface area contributed by atoms with Gasteiger partial charge in [0.05, 0.1) is 6.26 Å². The van der Waals surface area contributed by atoms with Crippen molar-refractivity contribution in [2.75, 3.05) is 24.7 Å². The third-order valence-corrected chi connectivity index (χ3v) is 4.53. The van der Waals surface area contributed by atoms with Crippen molar-refractivity contribution >= 4 is 15.8 Å². The molecule has 118 valence electrons. The van der Waals surface area contributed by atoms with Crippen molar-refractivity contribution in [2.45, 2.75) is 25.1 Å². The topological polar surface area (TPSA) is 75.2 Å². The molecule has 0 amide bonds. The van der Waals surface area contributed by atoms with Crippen molar-refractivity contribution < 1.29 is 21.6 Å². The van der Waals surface area contributed by atoms with Gasteiger partial charge in [-0.1, -0.05) is 0 Å². The summed E-state index contributed by atoms with van der Waals surface area (Å²) in [4.78, 5) is 0. The molecule has 1 aromatic heterocycles. The van der Waals surface area contributed by atoms with Crippen molar-refractivity contribution in [3.63, 3.8) is 0 Å². The van der Waals surface area contributed by atoms with Gasteiger partial charge in [-0.15, -0.1) is 10.2 Å². The first-order valence-electron chi connectivity index (χ1n) is 6.29. The lowest BCUT2D eigenvalue weighted by Crippen LogP contribution is -2.41. The lowest BCUT2D eigenvalue weighted by molar-refractivity contribution is -0.141. The van der Waals surface area contributed by atoms with Crippen LogP contribution in [0.5, 0.6) is 0 Å². The Morgan fingerprint density at radius 2 is 1.86 bits per heavy atom. The van der Waals surface area contributed by atoms with Gasteiger partial charge >= 0.3 is 6.18 Å². The first-order chi connectivity index (χ1) is 9.66. The summed E-state index contributed by atoms with van der Waals surface area (Å²) in [5.74, 6) is 0.251. The van der Waals surface area contributed by atoms with Gasteiger partial charge in [-0.2, -0.15) is 13.2 Å². The molecular weight excluding hydrogens is 309 g/mol. The first kappa shape index (κ1) is 16.0. The minimum Gasteiger partial charge on any atom is -0.366 e. The third kappa shape index (κ3) is 4.27. The average Bonchev–Trinajstić information content (AvgIpc) is 2.38. The molecular formula is C11H15F3N4O2S. The van der Waals surface area contributed by atoms with Crippen LogP contribution >= 0.6 is 0 Å². The predicted molar refractivity (Wildman–Crippen MR) is 70.1 cm³/mol. The van der Waals surface area contributed by atoms with Gasteiger partial charge in [-0.05, 0) is 25.0 Å². The number of hydrogen-bond donors (Lipinski definition) is 1. The van der Waals surface area contributed by atoms with Crippen LogP contribution in [0.15, 0.2) is 12.1 Å². The van der Waals surface area contributed by atoms with Crippen LogP contribution in [0.1, 0.15) is 18.5 Å². The average molecular weight is 324 g/mol. The smallest absolute Gasteiger partial charge is 0.366 e. The summed E-state index contributed by atoms with van der Waals surface area (Å²) in [6, 6.07) is 2.05. The molecule has 0 aliphatic carbocycles. The summed E-state index contributed by atoms with van der Waals surface area (Å²) in [5.41, 5.74) is -1.04. The van der Waals surface area contributed by atoms with E-state index >= 15 is 0 Å². The number of hydrogen-bond acceptors (Lipinski definition) is 5. The zero-order valence-corrected chi connectivity index (χ0v) is 12.1. The maximum absolute atomic E-state index is 12.3. The number of piperidine rings is 1. The van der Waals surface area contributed by atoms with Gasteiger partial charge in [0, 0.05) is 19.1 Å². The molecule has 2 rings (SSSR count). The summed E-state index contributed by atoms with van der Waals surface area (Å²) in [7, 11) is -3.19. The number of anilines is 1. The summed E-state index contributed by atoms with van der Waals surface area (Å²) >= 11 is 0. The van der Waals surface area contributed by atoms with Gasteiger partial charge in [0.2, 0.25) is 10.0 Å². The Kier molecular flexibility index (Phi) is 4.38. The lowest BCUT2D eigenvalue weighted by atomic mass is 10.1. The van der Waals surface area contributed by atoms with Gasteiger partial charge < -0.3 is 5.32 Å². The van der Waals surface area contributed by atoms with Gasteiger partial charge in [0.1, 0.15) is 5.82 Å². The summed E-state index contributed by atoms with van der Waals surface area (Å²) in [5, 5.41) is 9.59. The monoisotopic (exact) mass is 324 g/mol. The highest BCUT2D eigenvalue weighted by Gasteiger charge is 2.33. The largest absolute Gasteiger partial charge is 0.435 e. The molecule has 1 N–H and O–H groups in total. The zero-order valence-electron chi connectivity index (χ0n) is 11.3. The van der Waals surface area contributed by atoms with E-state index in [2.05, 4.69) is 15.5 Å². The zero-order chi connectivity index (χ0) is 15.7. The Bertz CT molecular complexity index is 580. The fourth-order valence-corrected chi connectivity index (χ4v) is 2.98. The van der Waals surface area contributed by atoms with E-state index in [4.69, 9.17) is 0 Å². The van der Waals surface area contributed by atoms with Gasteiger partial charge in [0.15, 0.2) is 5.69 Å². The number of alkyl halides is 3. The highest BCUT2D eigenvalue weighted by Crippen LogP contribution is 2.27. The van der Waals surface area contributed by atoms with Crippen LogP contribution in [0.3, 0.4) is 0 Å². The SMILES string of the molecule is CS(=O)(=O)N1CCC(Nc2ccc(C(F)(F)F)nn2)CC1. The van der Waals surface area contributed by atoms with Crippen molar-refractivity contribution in [3.05, 3.63) is 17.8 Å². The van der Waals surface area contributed by atoms with E-state index in [1.54, 1.807) is 0 Å². The molecule has 6 nitrogen and oxygen atoms in total. The van der Waals surface area contributed by atoms with Gasteiger partial charge in [-0.3, -0.25) is 0 Å². The van der Waals surface area contributed by atoms with Crippen LogP contribution in [0.4, 0.5) is 19.0 Å². The Hall–Kier alpha value is -1.42. The fraction of sp³-hybridized carbons (Fsp3) is 0.636. The van der Waals surface area contributed by atoms with E-state index in [1.165, 1.54) is 10.4 Å². The second-order valence-electron chi connectivity index (χ2n) is 4.88. The van der Waals surface area contributed by atoms with Crippen LogP contribution in [0.25, 0.3) is 0 Å². The maximum Gasteiger partial charge on any atom is 0.435 e. The number of nitrogens with one attached hydrogen (secondary N) is 1. The summed E-state index contributed by atoms with van der Waals surface area (Å²) in [6.45, 7) is 0.759. The number of rotatable bonds is 3. The third-order valence-electron chi connectivity index (χ3n) is 3.23. The molecule has 1 aromatic rings. The van der Waals surface area contributed by atoms with E-state index in [1.807, 2.05) is 0 Å². The molecule has 1 aliphatic rings. The van der Waals surface area contributed by atoms with Crippen molar-refractivity contribution in [1.82, 2.24) is 14.5 Å². The standard InChI is InChI=1S/C11H15F3N4O2S/c1-21(19,20)18-6-4-8(5-7-18)15-10-3-2-9(16-17-10)11(12,13)14/h2-3,8H,4-7H2,1H3,(H,15,17). The number of sulfonamides is 1. The van der Waals surface area contributed by atoms with Crippen LogP contribution in [-0.2, 0) is 16.2 Å². The highest BCUT2D eigenvalue weighted by atomic mass is 32.2. The van der Waals surface area contributed by atoms with E-state index in [0.29, 0.717) is 25.9 Å². The lowest BCUT2D eigenvalue weighted by Gasteiger charge is -2.30. The molecule has 0 bridgehead atoms. The van der Waals surface area contributed by atoms with Gasteiger partial charge in [-0.25, -0.2) is 12.7 Å². The predicted octanol–water partition coefficient (Wildman–Crippen LogP) is 1.33. The highest BCUT2D eigenvalue weighted by molar-refractivity contribution is 7.88. The Balaban J connectivity index is 1.92. The molecule has 10 heteroatoms. The number of nitrogens with zero attached hydrogens (tertiary/aromatic N) is 3. The van der Waals surface area contributed by atoms with E-state index in [-0.39, 0.29) is 11.9 Å². The van der Waals surface area contributed by atoms with E-state index in [0.717, 1.165) is 12.3 Å². The Morgan fingerprint density at radius 3 is 2.29 bits per heavy atom. The molecule has 2 heterocycles. The van der Waals surface area contributed by atoms with Crippen LogP contribution < -0.4 is 5.32 Å². The quantitative estimate of drug-likeness (QED) is 0.908. The van der Waals surface area contributed by atoms with Crippen LogP contribution in [0, 0.1) is 0 Å². The molecule has 1 saturated heterocycles. The molecule has 0 radical (unpaired) electrons. The van der Waals surface area contributed by atoms with E-state index < -0.39 is 21.9 Å². The molecule has 0 saturated carbocycles. The maximum atomic E-state index is 12.3. The van der Waals surface area contributed by atoms with Crippen LogP contribution in [0.2, 0.25) is 0 Å². The molecule has 0 aromatic carbocycles. The second kappa shape index (κ2) is 5.76. The van der Waals surface area contributed by atoms with E-state index in [9.17, 15) is 21.6 Å². The molecule has 0 atom stereocenters. The van der Waals surface area contributed by atoms with Crippen molar-refractivity contribution in [1.29, 1.82) is 0 Å². The molecule has 0 unspecified atom stereocenters. The first-order valence-corrected chi connectivity index (χ1v) is 8.13. The van der Waals surface area contributed by atoms with Gasteiger partial charge in [0.25, 0.3) is 0 Å². The normalized spacial score (nSPS) is 18.7. The summed E-state index contributed by atoms with van der Waals surface area (Å²) < 4.78 is 61.1. The minimum atomic E-state index is -4.51. The van der Waals surface area contributed by atoms with Crippen molar-refractivity contribution in [3.8, 4) is 0 Å². The molecule has 1 aliphatic heterocycles. The fourth-order valence-electron chi connectivity index (χ4n) is 2.10. The molecule has 0 spiro atoms. The minimum absolute atomic E-state index is 0.0333. The molecule has 21 heavy (non-hydrogen) atoms. The Morgan fingerprint density at radius 1 is 1.24 bits per heavy atom. The second-order valence-corrected chi connectivity index (χ2v) is 6.86. The molecule has 1 fully saturated rings.